The van der Waals surface area contributed by atoms with E-state index in [1.807, 2.05) is 18.5 Å². The minimum Gasteiger partial charge on any atom is -0.378 e. The van der Waals surface area contributed by atoms with Gasteiger partial charge < -0.3 is 9.64 Å². The molecule has 0 amide bonds. The maximum absolute atomic E-state index is 5.50. The van der Waals surface area contributed by atoms with Crippen LogP contribution in [0.3, 0.4) is 0 Å². The van der Waals surface area contributed by atoms with Crippen LogP contribution in [0.4, 0.5) is 5.82 Å². The fourth-order valence-corrected chi connectivity index (χ4v) is 3.81. The van der Waals surface area contributed by atoms with Crippen molar-refractivity contribution in [3.05, 3.63) is 72.7 Å². The van der Waals surface area contributed by atoms with Crippen LogP contribution in [0.2, 0.25) is 0 Å². The molecule has 1 fully saturated rings. The standard InChI is InChI=1S/C23H22N4O/c1-17-4-2-5-18(14-17)23-20(6-3-9-24-23)19-7-8-21-25-15-22(27(21)16-19)26-10-12-28-13-11-26/h2-9,14-16H,10-13H2,1H3. The van der Waals surface area contributed by atoms with Crippen LogP contribution in [-0.4, -0.2) is 40.7 Å². The Bertz CT molecular complexity index is 1130. The van der Waals surface area contributed by atoms with E-state index in [-0.39, 0.29) is 0 Å². The van der Waals surface area contributed by atoms with E-state index in [1.54, 1.807) is 0 Å². The monoisotopic (exact) mass is 370 g/mol. The molecule has 1 aliphatic heterocycles. The van der Waals surface area contributed by atoms with Gasteiger partial charge in [0.2, 0.25) is 0 Å². The summed E-state index contributed by atoms with van der Waals surface area (Å²) < 4.78 is 7.67. The van der Waals surface area contributed by atoms with E-state index >= 15 is 0 Å². The number of anilines is 1. The number of nitrogens with zero attached hydrogens (tertiary/aromatic N) is 4. The number of hydrogen-bond acceptors (Lipinski definition) is 4. The first kappa shape index (κ1) is 17.0. The van der Waals surface area contributed by atoms with Crippen LogP contribution in [0.25, 0.3) is 28.0 Å². The molecule has 4 aromatic rings. The van der Waals surface area contributed by atoms with Crippen LogP contribution in [0.15, 0.2) is 67.1 Å². The van der Waals surface area contributed by atoms with Gasteiger partial charge in [0.15, 0.2) is 0 Å². The molecule has 5 rings (SSSR count). The lowest BCUT2D eigenvalue weighted by atomic mass is 9.99. The minimum absolute atomic E-state index is 0.757. The lowest BCUT2D eigenvalue weighted by molar-refractivity contribution is 0.122. The average Bonchev–Trinajstić information content (AvgIpc) is 3.18. The molecule has 3 aromatic heterocycles. The van der Waals surface area contributed by atoms with Crippen LogP contribution in [0.5, 0.6) is 0 Å². The summed E-state index contributed by atoms with van der Waals surface area (Å²) in [5.41, 5.74) is 6.56. The number of aryl methyl sites for hydroxylation is 1. The zero-order valence-corrected chi connectivity index (χ0v) is 15.9. The van der Waals surface area contributed by atoms with Crippen molar-refractivity contribution in [2.45, 2.75) is 6.92 Å². The molecule has 0 unspecified atom stereocenters. The van der Waals surface area contributed by atoms with E-state index in [1.165, 1.54) is 5.56 Å². The van der Waals surface area contributed by atoms with Gasteiger partial charge in [-0.3, -0.25) is 9.38 Å². The maximum atomic E-state index is 5.50. The number of imidazole rings is 1. The molecule has 0 aliphatic carbocycles. The highest BCUT2D eigenvalue weighted by Crippen LogP contribution is 2.31. The summed E-state index contributed by atoms with van der Waals surface area (Å²) in [5, 5.41) is 0. The molecule has 0 spiro atoms. The fraction of sp³-hybridized carbons (Fsp3) is 0.217. The van der Waals surface area contributed by atoms with E-state index in [9.17, 15) is 0 Å². The van der Waals surface area contributed by atoms with E-state index in [4.69, 9.17) is 9.72 Å². The Hall–Kier alpha value is -3.18. The van der Waals surface area contributed by atoms with Gasteiger partial charge in [-0.1, -0.05) is 29.8 Å². The van der Waals surface area contributed by atoms with E-state index in [0.29, 0.717) is 0 Å². The summed E-state index contributed by atoms with van der Waals surface area (Å²) in [6.07, 6.45) is 5.98. The molecular weight excluding hydrogens is 348 g/mol. The zero-order valence-electron chi connectivity index (χ0n) is 15.9. The molecule has 5 heteroatoms. The molecule has 0 saturated carbocycles. The van der Waals surface area contributed by atoms with Gasteiger partial charge in [0.1, 0.15) is 11.5 Å². The molecule has 0 atom stereocenters. The molecule has 0 radical (unpaired) electrons. The van der Waals surface area contributed by atoms with E-state index < -0.39 is 0 Å². The molecular formula is C23H22N4O. The number of fused-ring (bicyclic) bond motifs is 1. The van der Waals surface area contributed by atoms with Crippen molar-refractivity contribution in [3.63, 3.8) is 0 Å². The molecule has 0 N–H and O–H groups in total. The predicted molar refractivity (Wildman–Crippen MR) is 112 cm³/mol. The van der Waals surface area contributed by atoms with Crippen molar-refractivity contribution in [2.24, 2.45) is 0 Å². The summed E-state index contributed by atoms with van der Waals surface area (Å²) in [4.78, 5) is 11.6. The first-order valence-electron chi connectivity index (χ1n) is 9.62. The number of rotatable bonds is 3. The Morgan fingerprint density at radius 2 is 1.82 bits per heavy atom. The maximum Gasteiger partial charge on any atom is 0.138 e. The van der Waals surface area contributed by atoms with Gasteiger partial charge in [-0.2, -0.15) is 0 Å². The van der Waals surface area contributed by atoms with Gasteiger partial charge in [0.05, 0.1) is 25.1 Å². The third-order valence-electron chi connectivity index (χ3n) is 5.23. The summed E-state index contributed by atoms with van der Waals surface area (Å²) >= 11 is 0. The summed E-state index contributed by atoms with van der Waals surface area (Å²) in [6.45, 7) is 5.40. The van der Waals surface area contributed by atoms with Crippen LogP contribution in [-0.2, 0) is 4.74 Å². The summed E-state index contributed by atoms with van der Waals surface area (Å²) in [7, 11) is 0. The normalized spacial score (nSPS) is 14.5. The third-order valence-corrected chi connectivity index (χ3v) is 5.23. The van der Waals surface area contributed by atoms with E-state index in [2.05, 4.69) is 69.9 Å². The number of morpholine rings is 1. The second kappa shape index (κ2) is 7.09. The third kappa shape index (κ3) is 3.04. The first-order valence-corrected chi connectivity index (χ1v) is 9.62. The smallest absolute Gasteiger partial charge is 0.138 e. The van der Waals surface area contributed by atoms with Gasteiger partial charge in [-0.15, -0.1) is 0 Å². The average molecular weight is 370 g/mol. The number of pyridine rings is 2. The topological polar surface area (TPSA) is 42.7 Å². The summed E-state index contributed by atoms with van der Waals surface area (Å²) in [5.74, 6) is 1.11. The zero-order chi connectivity index (χ0) is 18.9. The quantitative estimate of drug-likeness (QED) is 0.542. The molecule has 1 saturated heterocycles. The number of hydrogen-bond donors (Lipinski definition) is 0. The number of ether oxygens (including phenoxy) is 1. The number of aromatic nitrogens is 3. The predicted octanol–water partition coefficient (Wildman–Crippen LogP) is 4.21. The Morgan fingerprint density at radius 1 is 0.929 bits per heavy atom. The largest absolute Gasteiger partial charge is 0.378 e. The Labute approximate surface area is 164 Å². The van der Waals surface area contributed by atoms with Crippen molar-refractivity contribution in [2.75, 3.05) is 31.2 Å². The van der Waals surface area contributed by atoms with Gasteiger partial charge >= 0.3 is 0 Å². The highest BCUT2D eigenvalue weighted by atomic mass is 16.5. The Morgan fingerprint density at radius 3 is 2.68 bits per heavy atom. The van der Waals surface area contributed by atoms with Crippen LogP contribution < -0.4 is 4.90 Å². The Balaban J connectivity index is 1.62. The van der Waals surface area contributed by atoms with Gasteiger partial charge in [0, 0.05) is 42.2 Å². The second-order valence-corrected chi connectivity index (χ2v) is 7.13. The van der Waals surface area contributed by atoms with Crippen LogP contribution in [0, 0.1) is 6.92 Å². The minimum atomic E-state index is 0.757. The van der Waals surface area contributed by atoms with Crippen molar-refractivity contribution in [1.29, 1.82) is 0 Å². The fourth-order valence-electron chi connectivity index (χ4n) is 3.81. The van der Waals surface area contributed by atoms with Crippen LogP contribution in [0.1, 0.15) is 5.56 Å². The van der Waals surface area contributed by atoms with Gasteiger partial charge in [-0.25, -0.2) is 4.98 Å². The second-order valence-electron chi connectivity index (χ2n) is 7.13. The molecule has 5 nitrogen and oxygen atoms in total. The highest BCUT2D eigenvalue weighted by Gasteiger charge is 2.16. The van der Waals surface area contributed by atoms with Gasteiger partial charge in [-0.05, 0) is 31.2 Å². The molecule has 4 heterocycles. The highest BCUT2D eigenvalue weighted by molar-refractivity contribution is 5.81. The van der Waals surface area contributed by atoms with E-state index in [0.717, 1.165) is 60.2 Å². The van der Waals surface area contributed by atoms with Crippen LogP contribution >= 0.6 is 0 Å². The molecule has 140 valence electrons. The van der Waals surface area contributed by atoms with Gasteiger partial charge in [0.25, 0.3) is 0 Å². The van der Waals surface area contributed by atoms with Crippen molar-refractivity contribution >= 4 is 11.5 Å². The molecule has 0 bridgehead atoms. The first-order chi connectivity index (χ1) is 13.8. The molecule has 1 aliphatic rings. The molecule has 28 heavy (non-hydrogen) atoms. The van der Waals surface area contributed by atoms with Crippen molar-refractivity contribution in [3.8, 4) is 22.4 Å². The number of benzene rings is 1. The lowest BCUT2D eigenvalue weighted by Gasteiger charge is -2.28. The lowest BCUT2D eigenvalue weighted by Crippen LogP contribution is -2.36. The van der Waals surface area contributed by atoms with Crippen molar-refractivity contribution < 1.29 is 4.74 Å². The summed E-state index contributed by atoms with van der Waals surface area (Å²) in [6, 6.07) is 16.8. The molecule has 1 aromatic carbocycles. The van der Waals surface area contributed by atoms with Crippen molar-refractivity contribution in [1.82, 2.24) is 14.4 Å². The Kier molecular flexibility index (Phi) is 4.29. The SMILES string of the molecule is Cc1cccc(-c2ncccc2-c2ccc3ncc(N4CCOCC4)n3c2)c1.